The second kappa shape index (κ2) is 7.26. The lowest BCUT2D eigenvalue weighted by atomic mass is 10.1. The molecule has 0 radical (unpaired) electrons. The van der Waals surface area contributed by atoms with Crippen molar-refractivity contribution < 1.29 is 4.79 Å². The number of nitrogens with one attached hydrogen (secondary N) is 2. The molecule has 1 amide bonds. The van der Waals surface area contributed by atoms with Crippen LogP contribution in [0.1, 0.15) is 24.4 Å². The fraction of sp³-hybridized carbons (Fsp3) is 0.278. The number of hydrazine groups is 1. The van der Waals surface area contributed by atoms with Gasteiger partial charge in [-0.15, -0.1) is 0 Å². The predicted octanol–water partition coefficient (Wildman–Crippen LogP) is 2.75. The van der Waals surface area contributed by atoms with Crippen LogP contribution < -0.4 is 16.5 Å². The lowest BCUT2D eigenvalue weighted by molar-refractivity contribution is -0.117. The van der Waals surface area contributed by atoms with Crippen LogP contribution in [0.3, 0.4) is 0 Å². The molecule has 2 aromatic carbocycles. The Kier molecular flexibility index (Phi) is 4.90. The second-order valence-corrected chi connectivity index (χ2v) is 5.76. The van der Waals surface area contributed by atoms with Gasteiger partial charge < -0.3 is 16.5 Å². The standard InChI is InChI=1S/C18H22N4O/c19-17(14-6-2-1-3-7-14)18(23)20-15-8-10-16(11-9-15)21-22-12-4-5-13-22/h1-3,6-11,17,21H,4-5,12-13,19H2,(H,20,23). The van der Waals surface area contributed by atoms with Crippen molar-refractivity contribution in [2.45, 2.75) is 18.9 Å². The largest absolute Gasteiger partial charge is 0.324 e. The molecule has 0 spiro atoms. The van der Waals surface area contributed by atoms with E-state index in [4.69, 9.17) is 5.73 Å². The van der Waals surface area contributed by atoms with Gasteiger partial charge in [-0.2, -0.15) is 0 Å². The SMILES string of the molecule is NC(C(=O)Nc1ccc(NN2CCCC2)cc1)c1ccccc1. The number of amides is 1. The average molecular weight is 310 g/mol. The highest BCUT2D eigenvalue weighted by Gasteiger charge is 2.15. The van der Waals surface area contributed by atoms with E-state index in [1.165, 1.54) is 12.8 Å². The van der Waals surface area contributed by atoms with Crippen molar-refractivity contribution in [3.05, 3.63) is 60.2 Å². The molecule has 0 aromatic heterocycles. The summed E-state index contributed by atoms with van der Waals surface area (Å²) in [6, 6.07) is 16.4. The first kappa shape index (κ1) is 15.5. The van der Waals surface area contributed by atoms with E-state index < -0.39 is 6.04 Å². The van der Waals surface area contributed by atoms with Gasteiger partial charge in [0.25, 0.3) is 0 Å². The summed E-state index contributed by atoms with van der Waals surface area (Å²) in [5, 5.41) is 5.06. The number of carbonyl (C=O) groups excluding carboxylic acids is 1. The van der Waals surface area contributed by atoms with E-state index in [0.29, 0.717) is 0 Å². The summed E-state index contributed by atoms with van der Waals surface area (Å²) in [5.41, 5.74) is 11.9. The van der Waals surface area contributed by atoms with E-state index in [9.17, 15) is 4.79 Å². The van der Waals surface area contributed by atoms with Crippen LogP contribution in [-0.2, 0) is 4.79 Å². The Hall–Kier alpha value is -2.37. The zero-order valence-corrected chi connectivity index (χ0v) is 13.0. The van der Waals surface area contributed by atoms with Crippen molar-refractivity contribution in [3.8, 4) is 0 Å². The number of hydrogen-bond acceptors (Lipinski definition) is 4. The molecule has 1 fully saturated rings. The summed E-state index contributed by atoms with van der Waals surface area (Å²) in [6.07, 6.45) is 2.47. The van der Waals surface area contributed by atoms with Gasteiger partial charge in [0.1, 0.15) is 6.04 Å². The predicted molar refractivity (Wildman–Crippen MR) is 92.9 cm³/mol. The van der Waals surface area contributed by atoms with E-state index in [1.54, 1.807) is 0 Å². The Morgan fingerprint density at radius 1 is 0.957 bits per heavy atom. The van der Waals surface area contributed by atoms with E-state index in [1.807, 2.05) is 54.6 Å². The second-order valence-electron chi connectivity index (χ2n) is 5.76. The van der Waals surface area contributed by atoms with Crippen LogP contribution in [0.25, 0.3) is 0 Å². The molecular formula is C18H22N4O. The molecule has 23 heavy (non-hydrogen) atoms. The quantitative estimate of drug-likeness (QED) is 0.794. The van der Waals surface area contributed by atoms with Crippen molar-refractivity contribution in [3.63, 3.8) is 0 Å². The molecule has 2 aromatic rings. The lowest BCUT2D eigenvalue weighted by Crippen LogP contribution is -2.28. The monoisotopic (exact) mass is 310 g/mol. The Morgan fingerprint density at radius 3 is 2.22 bits per heavy atom. The maximum Gasteiger partial charge on any atom is 0.245 e. The number of nitrogens with zero attached hydrogens (tertiary/aromatic N) is 1. The van der Waals surface area contributed by atoms with E-state index in [2.05, 4.69) is 15.8 Å². The minimum absolute atomic E-state index is 0.212. The van der Waals surface area contributed by atoms with Gasteiger partial charge >= 0.3 is 0 Å². The molecule has 1 saturated heterocycles. The third-order valence-electron chi connectivity index (χ3n) is 3.99. The van der Waals surface area contributed by atoms with Crippen LogP contribution in [0.5, 0.6) is 0 Å². The lowest BCUT2D eigenvalue weighted by Gasteiger charge is -2.18. The third kappa shape index (κ3) is 4.09. The fourth-order valence-corrected chi connectivity index (χ4v) is 2.67. The minimum atomic E-state index is -0.668. The minimum Gasteiger partial charge on any atom is -0.324 e. The molecule has 1 aliphatic heterocycles. The molecule has 1 unspecified atom stereocenters. The van der Waals surface area contributed by atoms with E-state index in [0.717, 1.165) is 30.0 Å². The zero-order valence-electron chi connectivity index (χ0n) is 13.0. The van der Waals surface area contributed by atoms with Gasteiger partial charge in [-0.05, 0) is 42.7 Å². The number of anilines is 2. The van der Waals surface area contributed by atoms with Crippen LogP contribution in [0.2, 0.25) is 0 Å². The smallest absolute Gasteiger partial charge is 0.245 e. The average Bonchev–Trinajstić information content (AvgIpc) is 3.10. The van der Waals surface area contributed by atoms with Crippen LogP contribution >= 0.6 is 0 Å². The fourth-order valence-electron chi connectivity index (χ4n) is 2.67. The maximum absolute atomic E-state index is 12.2. The van der Waals surface area contributed by atoms with Gasteiger partial charge in [0.2, 0.25) is 5.91 Å². The van der Waals surface area contributed by atoms with Gasteiger partial charge in [-0.25, -0.2) is 5.01 Å². The Bertz CT molecular complexity index is 636. The third-order valence-corrected chi connectivity index (χ3v) is 3.99. The van der Waals surface area contributed by atoms with Crippen LogP contribution in [0.4, 0.5) is 11.4 Å². The molecule has 1 aliphatic rings. The highest BCUT2D eigenvalue weighted by atomic mass is 16.2. The van der Waals surface area contributed by atoms with Crippen molar-refractivity contribution in [2.24, 2.45) is 5.73 Å². The molecule has 5 heteroatoms. The molecule has 1 atom stereocenters. The summed E-state index contributed by atoms with van der Waals surface area (Å²) in [6.45, 7) is 2.15. The van der Waals surface area contributed by atoms with Crippen molar-refractivity contribution >= 4 is 17.3 Å². The molecule has 1 heterocycles. The number of hydrogen-bond donors (Lipinski definition) is 3. The highest BCUT2D eigenvalue weighted by Crippen LogP contribution is 2.18. The normalized spacial score (nSPS) is 16.0. The Balaban J connectivity index is 1.58. The summed E-state index contributed by atoms with van der Waals surface area (Å²) in [4.78, 5) is 12.2. The number of carbonyl (C=O) groups is 1. The summed E-state index contributed by atoms with van der Waals surface area (Å²) < 4.78 is 0. The molecule has 0 bridgehead atoms. The van der Waals surface area contributed by atoms with Crippen LogP contribution in [-0.4, -0.2) is 24.0 Å². The first-order chi connectivity index (χ1) is 11.2. The van der Waals surface area contributed by atoms with Gasteiger partial charge in [-0.1, -0.05) is 30.3 Å². The zero-order chi connectivity index (χ0) is 16.1. The van der Waals surface area contributed by atoms with Gasteiger partial charge in [-0.3, -0.25) is 4.79 Å². The topological polar surface area (TPSA) is 70.4 Å². The summed E-state index contributed by atoms with van der Waals surface area (Å²) in [7, 11) is 0. The van der Waals surface area contributed by atoms with Crippen LogP contribution in [0, 0.1) is 0 Å². The maximum atomic E-state index is 12.2. The van der Waals surface area contributed by atoms with Gasteiger partial charge in [0.15, 0.2) is 0 Å². The molecule has 3 rings (SSSR count). The molecule has 4 N–H and O–H groups in total. The van der Waals surface area contributed by atoms with E-state index in [-0.39, 0.29) is 5.91 Å². The van der Waals surface area contributed by atoms with Crippen molar-refractivity contribution in [1.29, 1.82) is 0 Å². The Labute approximate surface area is 136 Å². The van der Waals surface area contributed by atoms with Crippen molar-refractivity contribution in [2.75, 3.05) is 23.8 Å². The van der Waals surface area contributed by atoms with Crippen molar-refractivity contribution in [1.82, 2.24) is 5.01 Å². The van der Waals surface area contributed by atoms with Crippen LogP contribution in [0.15, 0.2) is 54.6 Å². The number of rotatable bonds is 5. The summed E-state index contributed by atoms with van der Waals surface area (Å²) in [5.74, 6) is -0.212. The van der Waals surface area contributed by atoms with Gasteiger partial charge in [0, 0.05) is 24.5 Å². The highest BCUT2D eigenvalue weighted by molar-refractivity contribution is 5.95. The first-order valence-corrected chi connectivity index (χ1v) is 7.95. The molecule has 120 valence electrons. The Morgan fingerprint density at radius 2 is 1.57 bits per heavy atom. The summed E-state index contributed by atoms with van der Waals surface area (Å²) >= 11 is 0. The molecule has 0 aliphatic carbocycles. The van der Waals surface area contributed by atoms with Gasteiger partial charge in [0.05, 0.1) is 0 Å². The number of benzene rings is 2. The first-order valence-electron chi connectivity index (χ1n) is 7.95. The molecule has 0 saturated carbocycles. The number of nitrogens with two attached hydrogens (primary N) is 1. The van der Waals surface area contributed by atoms with E-state index >= 15 is 0 Å². The molecular weight excluding hydrogens is 288 g/mol. The molecule has 5 nitrogen and oxygen atoms in total.